The molecule has 1 aliphatic rings. The lowest BCUT2D eigenvalue weighted by atomic mass is 10.2. The second kappa shape index (κ2) is 5.79. The molecule has 7 heteroatoms. The molecule has 2 N–H and O–H groups in total. The number of nitrogens with zero attached hydrogens (tertiary/aromatic N) is 5. The third kappa shape index (κ3) is 2.88. The van der Waals surface area contributed by atoms with Crippen molar-refractivity contribution in [2.24, 2.45) is 0 Å². The smallest absolute Gasteiger partial charge is 0.260 e. The van der Waals surface area contributed by atoms with Crippen molar-refractivity contribution in [1.29, 1.82) is 0 Å². The number of hydrogen-bond acceptors (Lipinski definition) is 7. The van der Waals surface area contributed by atoms with Crippen LogP contribution in [0.2, 0.25) is 0 Å². The van der Waals surface area contributed by atoms with E-state index in [9.17, 15) is 0 Å². The Morgan fingerprint density at radius 1 is 1.33 bits per heavy atom. The van der Waals surface area contributed by atoms with Crippen molar-refractivity contribution in [3.05, 3.63) is 24.3 Å². The van der Waals surface area contributed by atoms with Gasteiger partial charge < -0.3 is 15.2 Å². The van der Waals surface area contributed by atoms with E-state index in [2.05, 4.69) is 39.0 Å². The van der Waals surface area contributed by atoms with Gasteiger partial charge in [-0.05, 0) is 39.7 Å². The maximum absolute atomic E-state index is 5.91. The highest BCUT2D eigenvalue weighted by Gasteiger charge is 2.27. The second-order valence-corrected chi connectivity index (χ2v) is 5.53. The number of rotatable bonds is 2. The number of nitrogen functional groups attached to an aromatic ring is 1. The van der Waals surface area contributed by atoms with Crippen molar-refractivity contribution >= 4 is 5.69 Å². The van der Waals surface area contributed by atoms with Crippen molar-refractivity contribution in [2.75, 3.05) is 39.5 Å². The Hall–Kier alpha value is -1.99. The van der Waals surface area contributed by atoms with Gasteiger partial charge in [-0.2, -0.15) is 4.98 Å². The van der Waals surface area contributed by atoms with Gasteiger partial charge in [0.25, 0.3) is 5.89 Å². The zero-order valence-corrected chi connectivity index (χ0v) is 12.4. The highest BCUT2D eigenvalue weighted by molar-refractivity contribution is 5.68. The van der Waals surface area contributed by atoms with Gasteiger partial charge in [-0.3, -0.25) is 9.88 Å². The highest BCUT2D eigenvalue weighted by Crippen LogP contribution is 2.26. The monoisotopic (exact) mass is 288 g/mol. The molecule has 1 unspecified atom stereocenters. The molecule has 0 saturated carbocycles. The molecule has 1 fully saturated rings. The first-order chi connectivity index (χ1) is 10.1. The van der Waals surface area contributed by atoms with Gasteiger partial charge in [-0.1, -0.05) is 5.16 Å². The Morgan fingerprint density at radius 2 is 2.19 bits per heavy atom. The molecule has 1 aliphatic heterocycles. The first kappa shape index (κ1) is 14.0. The van der Waals surface area contributed by atoms with Crippen LogP contribution in [0.15, 0.2) is 23.0 Å². The van der Waals surface area contributed by atoms with Gasteiger partial charge in [0.05, 0.1) is 23.5 Å². The normalized spacial score (nSPS) is 21.3. The average molecular weight is 288 g/mol. The molecule has 2 aromatic heterocycles. The minimum absolute atomic E-state index is 0.137. The van der Waals surface area contributed by atoms with Crippen molar-refractivity contribution in [3.8, 4) is 11.5 Å². The van der Waals surface area contributed by atoms with Crippen LogP contribution in [0.4, 0.5) is 5.69 Å². The third-order valence-electron chi connectivity index (χ3n) is 3.89. The summed E-state index contributed by atoms with van der Waals surface area (Å²) in [5.41, 5.74) is 7.18. The van der Waals surface area contributed by atoms with Crippen molar-refractivity contribution in [3.63, 3.8) is 0 Å². The minimum Gasteiger partial charge on any atom is -0.397 e. The lowest BCUT2D eigenvalue weighted by Crippen LogP contribution is -2.31. The molecule has 7 nitrogen and oxygen atoms in total. The van der Waals surface area contributed by atoms with Crippen LogP contribution in [0.5, 0.6) is 0 Å². The number of hydrogen-bond donors (Lipinski definition) is 1. The Kier molecular flexibility index (Phi) is 3.85. The fourth-order valence-electron chi connectivity index (χ4n) is 2.63. The Balaban J connectivity index is 1.89. The Bertz CT molecular complexity index is 613. The molecule has 112 valence electrons. The molecule has 0 radical (unpaired) electrons. The van der Waals surface area contributed by atoms with Gasteiger partial charge in [0.2, 0.25) is 0 Å². The van der Waals surface area contributed by atoms with E-state index in [0.717, 1.165) is 31.6 Å². The fraction of sp³-hybridized carbons (Fsp3) is 0.500. The molecule has 21 heavy (non-hydrogen) atoms. The summed E-state index contributed by atoms with van der Waals surface area (Å²) in [5.74, 6) is 1.16. The van der Waals surface area contributed by atoms with Crippen molar-refractivity contribution < 1.29 is 4.52 Å². The Morgan fingerprint density at radius 3 is 3.00 bits per heavy atom. The number of anilines is 1. The molecule has 3 heterocycles. The van der Waals surface area contributed by atoms with Gasteiger partial charge in [0, 0.05) is 12.7 Å². The van der Waals surface area contributed by atoms with E-state index in [1.165, 1.54) is 0 Å². The van der Waals surface area contributed by atoms with Gasteiger partial charge in [0.15, 0.2) is 5.82 Å². The van der Waals surface area contributed by atoms with Crippen molar-refractivity contribution in [1.82, 2.24) is 24.9 Å². The van der Waals surface area contributed by atoms with Crippen molar-refractivity contribution in [2.45, 2.75) is 12.5 Å². The maximum Gasteiger partial charge on any atom is 0.260 e. The van der Waals surface area contributed by atoms with Crippen LogP contribution in [-0.4, -0.2) is 58.7 Å². The van der Waals surface area contributed by atoms with Gasteiger partial charge >= 0.3 is 0 Å². The fourth-order valence-corrected chi connectivity index (χ4v) is 2.63. The van der Waals surface area contributed by atoms with Gasteiger partial charge in [-0.15, -0.1) is 0 Å². The summed E-state index contributed by atoms with van der Waals surface area (Å²) in [6.45, 7) is 3.00. The highest BCUT2D eigenvalue weighted by atomic mass is 16.5. The zero-order valence-electron chi connectivity index (χ0n) is 12.4. The van der Waals surface area contributed by atoms with Gasteiger partial charge in [0.1, 0.15) is 0 Å². The SMILES string of the molecule is CN1CCCN(C)C(c2noc(-c3ccncc3N)n2)C1. The summed E-state index contributed by atoms with van der Waals surface area (Å²) in [6.07, 6.45) is 4.40. The van der Waals surface area contributed by atoms with Crippen LogP contribution in [0.3, 0.4) is 0 Å². The lowest BCUT2D eigenvalue weighted by molar-refractivity contribution is 0.215. The summed E-state index contributed by atoms with van der Waals surface area (Å²) < 4.78 is 5.40. The summed E-state index contributed by atoms with van der Waals surface area (Å²) in [4.78, 5) is 13.1. The summed E-state index contributed by atoms with van der Waals surface area (Å²) in [6, 6.07) is 1.92. The lowest BCUT2D eigenvalue weighted by Gasteiger charge is -2.24. The van der Waals surface area contributed by atoms with E-state index in [-0.39, 0.29) is 6.04 Å². The first-order valence-corrected chi connectivity index (χ1v) is 7.07. The number of aromatic nitrogens is 3. The van der Waals surface area contributed by atoms with Crippen LogP contribution in [0.1, 0.15) is 18.3 Å². The molecule has 1 saturated heterocycles. The molecular weight excluding hydrogens is 268 g/mol. The molecule has 0 bridgehead atoms. The maximum atomic E-state index is 5.91. The second-order valence-electron chi connectivity index (χ2n) is 5.53. The van der Waals surface area contributed by atoms with E-state index >= 15 is 0 Å². The summed E-state index contributed by atoms with van der Waals surface area (Å²) >= 11 is 0. The van der Waals surface area contributed by atoms with E-state index in [1.54, 1.807) is 18.5 Å². The standard InChI is InChI=1S/C14H20N6O/c1-19-6-3-7-20(2)12(9-19)13-17-14(21-18-13)10-4-5-16-8-11(10)15/h4-5,8,12H,3,6-7,9,15H2,1-2H3. The topological polar surface area (TPSA) is 84.3 Å². The number of nitrogens with two attached hydrogens (primary N) is 1. The predicted octanol–water partition coefficient (Wildman–Crippen LogP) is 1.02. The zero-order chi connectivity index (χ0) is 14.8. The first-order valence-electron chi connectivity index (χ1n) is 7.07. The van der Waals surface area contributed by atoms with E-state index in [0.29, 0.717) is 17.4 Å². The summed E-state index contributed by atoms with van der Waals surface area (Å²) in [7, 11) is 4.22. The number of pyridine rings is 1. The molecule has 0 amide bonds. The molecule has 0 aliphatic carbocycles. The third-order valence-corrected chi connectivity index (χ3v) is 3.89. The van der Waals surface area contributed by atoms with E-state index in [4.69, 9.17) is 10.3 Å². The molecule has 0 spiro atoms. The molecule has 3 rings (SSSR count). The average Bonchev–Trinajstić information content (AvgIpc) is 2.88. The molecule has 2 aromatic rings. The van der Waals surface area contributed by atoms with E-state index in [1.807, 2.05) is 0 Å². The largest absolute Gasteiger partial charge is 0.397 e. The Labute approximate surface area is 123 Å². The quantitative estimate of drug-likeness (QED) is 0.883. The predicted molar refractivity (Wildman–Crippen MR) is 79.4 cm³/mol. The molecule has 1 atom stereocenters. The minimum atomic E-state index is 0.137. The van der Waals surface area contributed by atoms with Crippen LogP contribution < -0.4 is 5.73 Å². The van der Waals surface area contributed by atoms with Crippen LogP contribution >= 0.6 is 0 Å². The van der Waals surface area contributed by atoms with Crippen LogP contribution in [-0.2, 0) is 0 Å². The van der Waals surface area contributed by atoms with Crippen LogP contribution in [0.25, 0.3) is 11.5 Å². The summed E-state index contributed by atoms with van der Waals surface area (Å²) in [5, 5.41) is 4.15. The van der Waals surface area contributed by atoms with E-state index < -0.39 is 0 Å². The van der Waals surface area contributed by atoms with Gasteiger partial charge in [-0.25, -0.2) is 0 Å². The molecule has 0 aromatic carbocycles. The van der Waals surface area contributed by atoms with Crippen LogP contribution in [0, 0.1) is 0 Å². The molecular formula is C14H20N6O. The number of likely N-dealkylation sites (N-methyl/N-ethyl adjacent to an activating group) is 2.